The fourth-order valence-electron chi connectivity index (χ4n) is 3.14. The van der Waals surface area contributed by atoms with Crippen molar-refractivity contribution in [2.75, 3.05) is 5.32 Å². The molecule has 4 nitrogen and oxygen atoms in total. The van der Waals surface area contributed by atoms with Crippen molar-refractivity contribution in [3.63, 3.8) is 0 Å². The summed E-state index contributed by atoms with van der Waals surface area (Å²) in [7, 11) is 0. The van der Waals surface area contributed by atoms with Crippen LogP contribution in [-0.4, -0.2) is 22.8 Å². The zero-order valence-corrected chi connectivity index (χ0v) is 14.3. The second kappa shape index (κ2) is 7.05. The lowest BCUT2D eigenvalue weighted by Crippen LogP contribution is -2.45. The topological polar surface area (TPSA) is 49.4 Å². The molecule has 1 aliphatic heterocycles. The molecule has 0 aliphatic carbocycles. The highest BCUT2D eigenvalue weighted by atomic mass is 19.1. The van der Waals surface area contributed by atoms with Gasteiger partial charge in [0.15, 0.2) is 0 Å². The first-order valence-electron chi connectivity index (χ1n) is 8.41. The van der Waals surface area contributed by atoms with E-state index in [1.165, 1.54) is 12.1 Å². The lowest BCUT2D eigenvalue weighted by atomic mass is 10.0. The van der Waals surface area contributed by atoms with Crippen LogP contribution in [0.1, 0.15) is 36.2 Å². The molecule has 1 N–H and O–H groups in total. The molecule has 0 fully saturated rings. The molecule has 2 amide bonds. The molecule has 3 rings (SSSR count). The Hall–Kier alpha value is -2.69. The Morgan fingerprint density at radius 3 is 2.64 bits per heavy atom. The highest BCUT2D eigenvalue weighted by Crippen LogP contribution is 2.27. The van der Waals surface area contributed by atoms with E-state index in [0.29, 0.717) is 24.2 Å². The van der Waals surface area contributed by atoms with Gasteiger partial charge >= 0.3 is 0 Å². The van der Waals surface area contributed by atoms with E-state index in [4.69, 9.17) is 0 Å². The molecule has 0 aromatic heterocycles. The van der Waals surface area contributed by atoms with Crippen molar-refractivity contribution >= 4 is 17.5 Å². The number of halogens is 1. The average molecular weight is 340 g/mol. The monoisotopic (exact) mass is 340 g/mol. The molecule has 0 spiro atoms. The molecule has 0 radical (unpaired) electrons. The lowest BCUT2D eigenvalue weighted by molar-refractivity contribution is -0.121. The third-order valence-electron chi connectivity index (χ3n) is 4.32. The van der Waals surface area contributed by atoms with Crippen molar-refractivity contribution in [1.82, 2.24) is 4.90 Å². The Morgan fingerprint density at radius 1 is 1.20 bits per heavy atom. The van der Waals surface area contributed by atoms with Gasteiger partial charge in [-0.3, -0.25) is 9.59 Å². The van der Waals surface area contributed by atoms with Crippen LogP contribution < -0.4 is 5.32 Å². The van der Waals surface area contributed by atoms with E-state index in [2.05, 4.69) is 5.32 Å². The molecule has 1 atom stereocenters. The molecule has 1 aliphatic rings. The largest absolute Gasteiger partial charge is 0.324 e. The highest BCUT2D eigenvalue weighted by Gasteiger charge is 2.36. The number of hydrogen-bond donors (Lipinski definition) is 1. The summed E-state index contributed by atoms with van der Waals surface area (Å²) in [5, 5.41) is 2.74. The first kappa shape index (κ1) is 17.1. The predicted octanol–water partition coefficient (Wildman–Crippen LogP) is 3.83. The maximum atomic E-state index is 13.4. The Labute approximate surface area is 146 Å². The van der Waals surface area contributed by atoms with Crippen LogP contribution in [0.5, 0.6) is 0 Å². The summed E-state index contributed by atoms with van der Waals surface area (Å²) in [5.74, 6) is -0.598. The van der Waals surface area contributed by atoms with Crippen molar-refractivity contribution in [3.8, 4) is 0 Å². The number of fused-ring (bicyclic) bond motifs is 1. The van der Waals surface area contributed by atoms with Gasteiger partial charge in [0.25, 0.3) is 5.91 Å². The maximum Gasteiger partial charge on any atom is 0.255 e. The average Bonchev–Trinajstić information content (AvgIpc) is 2.89. The molecule has 2 aromatic carbocycles. The van der Waals surface area contributed by atoms with Gasteiger partial charge in [-0.05, 0) is 42.2 Å². The first-order chi connectivity index (χ1) is 12.0. The summed E-state index contributed by atoms with van der Waals surface area (Å²) >= 11 is 0. The lowest BCUT2D eigenvalue weighted by Gasteiger charge is -2.28. The Balaban J connectivity index is 1.83. The van der Waals surface area contributed by atoms with Crippen LogP contribution in [0.25, 0.3) is 0 Å². The van der Waals surface area contributed by atoms with E-state index in [9.17, 15) is 14.0 Å². The third kappa shape index (κ3) is 3.71. The van der Waals surface area contributed by atoms with E-state index >= 15 is 0 Å². The summed E-state index contributed by atoms with van der Waals surface area (Å²) in [6.07, 6.45) is 0.543. The number of rotatable bonds is 5. The van der Waals surface area contributed by atoms with Gasteiger partial charge in [0.05, 0.1) is 0 Å². The van der Waals surface area contributed by atoms with Crippen LogP contribution in [0.3, 0.4) is 0 Å². The molecule has 5 heteroatoms. The molecule has 0 saturated carbocycles. The molecule has 130 valence electrons. The van der Waals surface area contributed by atoms with Crippen LogP contribution in [0.2, 0.25) is 0 Å². The van der Waals surface area contributed by atoms with Gasteiger partial charge in [0.2, 0.25) is 5.91 Å². The van der Waals surface area contributed by atoms with Gasteiger partial charge in [-0.2, -0.15) is 0 Å². The fourth-order valence-corrected chi connectivity index (χ4v) is 3.14. The summed E-state index contributed by atoms with van der Waals surface area (Å²) in [6, 6.07) is 12.6. The fraction of sp³-hybridized carbons (Fsp3) is 0.300. The zero-order valence-electron chi connectivity index (χ0n) is 14.3. The molecule has 25 heavy (non-hydrogen) atoms. The molecule has 0 bridgehead atoms. The normalized spacial score (nSPS) is 14.6. The summed E-state index contributed by atoms with van der Waals surface area (Å²) in [4.78, 5) is 27.1. The summed E-state index contributed by atoms with van der Waals surface area (Å²) in [5.41, 5.74) is 1.97. The number of carbonyl (C=O) groups is 2. The van der Waals surface area contributed by atoms with Crippen LogP contribution in [0.4, 0.5) is 10.1 Å². The number of benzene rings is 2. The Morgan fingerprint density at radius 2 is 1.96 bits per heavy atom. The SMILES string of the molecule is CC(C)C[C@H](C(=O)Nc1cccc(F)c1)N1Cc2ccccc2C1=O. The number of hydrogen-bond acceptors (Lipinski definition) is 2. The van der Waals surface area contributed by atoms with Crippen LogP contribution in [-0.2, 0) is 11.3 Å². The van der Waals surface area contributed by atoms with Gasteiger partial charge < -0.3 is 10.2 Å². The molecule has 1 heterocycles. The van der Waals surface area contributed by atoms with Crippen molar-refractivity contribution in [3.05, 3.63) is 65.5 Å². The highest BCUT2D eigenvalue weighted by molar-refractivity contribution is 6.03. The number of anilines is 1. The van der Waals surface area contributed by atoms with Gasteiger partial charge in [-0.25, -0.2) is 4.39 Å². The number of nitrogens with zero attached hydrogens (tertiary/aromatic N) is 1. The van der Waals surface area contributed by atoms with E-state index in [0.717, 1.165) is 5.56 Å². The Kier molecular flexibility index (Phi) is 4.83. The van der Waals surface area contributed by atoms with Crippen LogP contribution >= 0.6 is 0 Å². The van der Waals surface area contributed by atoms with Crippen LogP contribution in [0.15, 0.2) is 48.5 Å². The van der Waals surface area contributed by atoms with E-state index < -0.39 is 11.9 Å². The van der Waals surface area contributed by atoms with Crippen molar-refractivity contribution < 1.29 is 14.0 Å². The van der Waals surface area contributed by atoms with E-state index in [1.54, 1.807) is 23.1 Å². The summed E-state index contributed by atoms with van der Waals surface area (Å²) < 4.78 is 13.4. The van der Waals surface area contributed by atoms with Gasteiger partial charge in [-0.1, -0.05) is 38.1 Å². The van der Waals surface area contributed by atoms with Crippen molar-refractivity contribution in [2.24, 2.45) is 5.92 Å². The number of nitrogens with one attached hydrogen (secondary N) is 1. The second-order valence-corrected chi connectivity index (χ2v) is 6.74. The minimum Gasteiger partial charge on any atom is -0.324 e. The zero-order chi connectivity index (χ0) is 18.0. The molecular weight excluding hydrogens is 319 g/mol. The molecule has 0 saturated heterocycles. The minimum absolute atomic E-state index is 0.129. The smallest absolute Gasteiger partial charge is 0.255 e. The standard InChI is InChI=1S/C20H21FN2O2/c1-13(2)10-18(19(24)22-16-8-5-7-15(21)11-16)23-12-14-6-3-4-9-17(14)20(23)25/h3-9,11,13,18H,10,12H2,1-2H3,(H,22,24)/t18-/m1/s1. The second-order valence-electron chi connectivity index (χ2n) is 6.74. The number of amides is 2. The predicted molar refractivity (Wildman–Crippen MR) is 94.6 cm³/mol. The maximum absolute atomic E-state index is 13.4. The van der Waals surface area contributed by atoms with Gasteiger partial charge in [0.1, 0.15) is 11.9 Å². The van der Waals surface area contributed by atoms with E-state index in [-0.39, 0.29) is 17.7 Å². The minimum atomic E-state index is -0.594. The molecule has 0 unspecified atom stereocenters. The quantitative estimate of drug-likeness (QED) is 0.899. The third-order valence-corrected chi connectivity index (χ3v) is 4.32. The number of carbonyl (C=O) groups excluding carboxylic acids is 2. The molecular formula is C20H21FN2O2. The van der Waals surface area contributed by atoms with Crippen molar-refractivity contribution in [2.45, 2.75) is 32.9 Å². The first-order valence-corrected chi connectivity index (χ1v) is 8.41. The molecule has 2 aromatic rings. The van der Waals surface area contributed by atoms with Gasteiger partial charge in [-0.15, -0.1) is 0 Å². The van der Waals surface area contributed by atoms with E-state index in [1.807, 2.05) is 32.0 Å². The van der Waals surface area contributed by atoms with Crippen molar-refractivity contribution in [1.29, 1.82) is 0 Å². The summed E-state index contributed by atoms with van der Waals surface area (Å²) in [6.45, 7) is 4.44. The Bertz CT molecular complexity index is 804. The van der Waals surface area contributed by atoms with Gasteiger partial charge in [0, 0.05) is 17.8 Å². The van der Waals surface area contributed by atoms with Crippen LogP contribution in [0, 0.1) is 11.7 Å².